The fourth-order valence-electron chi connectivity index (χ4n) is 3.11. The van der Waals surface area contributed by atoms with Crippen LogP contribution in [-0.4, -0.2) is 20.7 Å². The lowest BCUT2D eigenvalue weighted by atomic mass is 10.1. The number of hydrogen-bond donors (Lipinski definition) is 1. The second kappa shape index (κ2) is 8.14. The lowest BCUT2D eigenvalue weighted by Gasteiger charge is -2.17. The molecule has 2 aromatic carbocycles. The highest BCUT2D eigenvalue weighted by Gasteiger charge is 2.32. The summed E-state index contributed by atoms with van der Waals surface area (Å²) in [7, 11) is 1.86. The Labute approximate surface area is 175 Å². The molecule has 1 aromatic heterocycles. The number of amides is 1. The van der Waals surface area contributed by atoms with Crippen LogP contribution in [0, 0.1) is 0 Å². The monoisotopic (exact) mass is 432 g/mol. The van der Waals surface area contributed by atoms with Gasteiger partial charge in [0.15, 0.2) is 5.16 Å². The van der Waals surface area contributed by atoms with Crippen LogP contribution in [0.1, 0.15) is 41.0 Å². The van der Waals surface area contributed by atoms with Crippen LogP contribution >= 0.6 is 11.8 Å². The molecule has 1 fully saturated rings. The molecule has 1 heterocycles. The molecule has 1 atom stereocenters. The van der Waals surface area contributed by atoms with Crippen LogP contribution in [0.15, 0.2) is 59.8 Å². The number of nitrogens with zero attached hydrogens (tertiary/aromatic N) is 3. The molecule has 9 heteroatoms. The van der Waals surface area contributed by atoms with Gasteiger partial charge in [-0.25, -0.2) is 0 Å². The molecular formula is C21H19F3N4OS. The van der Waals surface area contributed by atoms with E-state index in [1.54, 1.807) is 0 Å². The number of benzene rings is 2. The first-order chi connectivity index (χ1) is 14.3. The molecular weight excluding hydrogens is 413 g/mol. The summed E-state index contributed by atoms with van der Waals surface area (Å²) in [5.74, 6) is 0.870. The van der Waals surface area contributed by atoms with Crippen molar-refractivity contribution in [1.29, 1.82) is 0 Å². The molecule has 1 saturated carbocycles. The summed E-state index contributed by atoms with van der Waals surface area (Å²) in [6, 6.07) is 13.7. The minimum absolute atomic E-state index is 0.0907. The maximum absolute atomic E-state index is 13.1. The highest BCUT2D eigenvalue weighted by Crippen LogP contribution is 2.41. The van der Waals surface area contributed by atoms with Gasteiger partial charge >= 0.3 is 6.18 Å². The van der Waals surface area contributed by atoms with Crippen LogP contribution in [0.3, 0.4) is 0 Å². The molecule has 0 saturated heterocycles. The number of rotatable bonds is 6. The average molecular weight is 432 g/mol. The Balaban J connectivity index is 1.59. The van der Waals surface area contributed by atoms with Gasteiger partial charge in [-0.3, -0.25) is 4.79 Å². The van der Waals surface area contributed by atoms with Gasteiger partial charge in [0.2, 0.25) is 5.91 Å². The van der Waals surface area contributed by atoms with Gasteiger partial charge in [0, 0.05) is 18.7 Å². The zero-order valence-electron chi connectivity index (χ0n) is 16.1. The van der Waals surface area contributed by atoms with Gasteiger partial charge in [0.05, 0.1) is 5.56 Å². The van der Waals surface area contributed by atoms with Gasteiger partial charge in [-0.1, -0.05) is 48.2 Å². The summed E-state index contributed by atoms with van der Waals surface area (Å²) in [5, 5.41) is 11.0. The summed E-state index contributed by atoms with van der Waals surface area (Å²) >= 11 is 1.23. The second-order valence-corrected chi connectivity index (χ2v) is 8.22. The van der Waals surface area contributed by atoms with E-state index < -0.39 is 22.9 Å². The Kier molecular flexibility index (Phi) is 5.55. The Bertz CT molecular complexity index is 1050. The van der Waals surface area contributed by atoms with Gasteiger partial charge in [0.1, 0.15) is 11.1 Å². The number of anilines is 1. The van der Waals surface area contributed by atoms with Crippen molar-refractivity contribution in [1.82, 2.24) is 14.8 Å². The van der Waals surface area contributed by atoms with E-state index in [1.807, 2.05) is 41.9 Å². The number of halogens is 3. The number of aromatic nitrogens is 3. The molecule has 0 unspecified atom stereocenters. The quantitative estimate of drug-likeness (QED) is 0.545. The standard InChI is InChI=1S/C21H19F3N4OS/c1-28-18(14-10-11-14)26-27-20(28)30-17(13-6-3-2-4-7-13)19(29)25-16-9-5-8-15(12-16)21(22,23)24/h2-9,12,14,17H,10-11H2,1H3,(H,25,29)/t17-/m0/s1. The Morgan fingerprint density at radius 2 is 1.87 bits per heavy atom. The molecule has 0 aliphatic heterocycles. The van der Waals surface area contributed by atoms with E-state index >= 15 is 0 Å². The lowest BCUT2D eigenvalue weighted by molar-refractivity contribution is -0.137. The molecule has 1 amide bonds. The van der Waals surface area contributed by atoms with E-state index in [4.69, 9.17) is 0 Å². The normalized spacial score (nSPS) is 15.1. The topological polar surface area (TPSA) is 59.8 Å². The third-order valence-electron chi connectivity index (χ3n) is 4.83. The Hall–Kier alpha value is -2.81. The van der Waals surface area contributed by atoms with E-state index in [0.29, 0.717) is 11.1 Å². The van der Waals surface area contributed by atoms with Gasteiger partial charge in [-0.05, 0) is 36.6 Å². The van der Waals surface area contributed by atoms with Crippen molar-refractivity contribution in [2.24, 2.45) is 7.05 Å². The molecule has 1 N–H and O–H groups in total. The summed E-state index contributed by atoms with van der Waals surface area (Å²) in [6.45, 7) is 0. The molecule has 5 nitrogen and oxygen atoms in total. The van der Waals surface area contributed by atoms with E-state index in [9.17, 15) is 18.0 Å². The summed E-state index contributed by atoms with van der Waals surface area (Å²) in [5.41, 5.74) is 0.00234. The first-order valence-electron chi connectivity index (χ1n) is 9.42. The van der Waals surface area contributed by atoms with E-state index in [0.717, 1.165) is 36.4 Å². The Morgan fingerprint density at radius 1 is 1.13 bits per heavy atom. The van der Waals surface area contributed by atoms with Gasteiger partial charge in [0.25, 0.3) is 0 Å². The van der Waals surface area contributed by atoms with Crippen molar-refractivity contribution >= 4 is 23.4 Å². The zero-order valence-corrected chi connectivity index (χ0v) is 16.9. The molecule has 1 aliphatic carbocycles. The number of hydrogen-bond acceptors (Lipinski definition) is 4. The second-order valence-electron chi connectivity index (χ2n) is 7.15. The van der Waals surface area contributed by atoms with E-state index in [-0.39, 0.29) is 5.69 Å². The van der Waals surface area contributed by atoms with Crippen molar-refractivity contribution in [3.63, 3.8) is 0 Å². The molecule has 0 spiro atoms. The number of carbonyl (C=O) groups is 1. The number of thioether (sulfide) groups is 1. The zero-order chi connectivity index (χ0) is 21.3. The summed E-state index contributed by atoms with van der Waals surface area (Å²) in [6.07, 6.45) is -2.32. The molecule has 0 radical (unpaired) electrons. The van der Waals surface area contributed by atoms with Gasteiger partial charge in [-0.2, -0.15) is 13.2 Å². The number of carbonyl (C=O) groups excluding carboxylic acids is 1. The largest absolute Gasteiger partial charge is 0.416 e. The third-order valence-corrected chi connectivity index (χ3v) is 6.12. The number of nitrogens with one attached hydrogen (secondary N) is 1. The molecule has 4 rings (SSSR count). The number of alkyl halides is 3. The van der Waals surface area contributed by atoms with Crippen LogP contribution in [-0.2, 0) is 18.0 Å². The first kappa shape index (κ1) is 20.5. The molecule has 0 bridgehead atoms. The van der Waals surface area contributed by atoms with Gasteiger partial charge < -0.3 is 9.88 Å². The summed E-state index contributed by atoms with van der Waals surface area (Å²) in [4.78, 5) is 13.1. The molecule has 156 valence electrons. The fraction of sp³-hybridized carbons (Fsp3) is 0.286. The first-order valence-corrected chi connectivity index (χ1v) is 10.3. The smallest absolute Gasteiger partial charge is 0.325 e. The molecule has 30 heavy (non-hydrogen) atoms. The van der Waals surface area contributed by atoms with Crippen molar-refractivity contribution < 1.29 is 18.0 Å². The minimum Gasteiger partial charge on any atom is -0.325 e. The third kappa shape index (κ3) is 4.51. The van der Waals surface area contributed by atoms with Crippen LogP contribution < -0.4 is 5.32 Å². The lowest BCUT2D eigenvalue weighted by Crippen LogP contribution is -2.20. The maximum Gasteiger partial charge on any atom is 0.416 e. The maximum atomic E-state index is 13.1. The fourth-order valence-corrected chi connectivity index (χ4v) is 4.12. The minimum atomic E-state index is -4.48. The predicted octanol–water partition coefficient (Wildman–Crippen LogP) is 5.18. The van der Waals surface area contributed by atoms with Crippen molar-refractivity contribution in [3.8, 4) is 0 Å². The van der Waals surface area contributed by atoms with Crippen molar-refractivity contribution in [2.75, 3.05) is 5.32 Å². The van der Waals surface area contributed by atoms with Crippen LogP contribution in [0.2, 0.25) is 0 Å². The Morgan fingerprint density at radius 3 is 2.53 bits per heavy atom. The van der Waals surface area contributed by atoms with E-state index in [1.165, 1.54) is 23.9 Å². The van der Waals surface area contributed by atoms with Gasteiger partial charge in [-0.15, -0.1) is 10.2 Å². The predicted molar refractivity (Wildman–Crippen MR) is 108 cm³/mol. The molecule has 3 aromatic rings. The SMILES string of the molecule is Cn1c(S[C@H](C(=O)Nc2cccc(C(F)(F)F)c2)c2ccccc2)nnc1C1CC1. The van der Waals surface area contributed by atoms with Crippen LogP contribution in [0.5, 0.6) is 0 Å². The van der Waals surface area contributed by atoms with Crippen molar-refractivity contribution in [3.05, 3.63) is 71.5 Å². The van der Waals surface area contributed by atoms with E-state index in [2.05, 4.69) is 15.5 Å². The summed E-state index contributed by atoms with van der Waals surface area (Å²) < 4.78 is 40.9. The van der Waals surface area contributed by atoms with Crippen LogP contribution in [0.25, 0.3) is 0 Å². The highest BCUT2D eigenvalue weighted by atomic mass is 32.2. The molecule has 1 aliphatic rings. The highest BCUT2D eigenvalue weighted by molar-refractivity contribution is 8.00. The van der Waals surface area contributed by atoms with Crippen molar-refractivity contribution in [2.45, 2.75) is 35.3 Å². The van der Waals surface area contributed by atoms with Crippen LogP contribution in [0.4, 0.5) is 18.9 Å². The average Bonchev–Trinajstić information content (AvgIpc) is 3.49.